The first-order valence-electron chi connectivity index (χ1n) is 6.46. The number of halogens is 1. The van der Waals surface area contributed by atoms with Crippen LogP contribution in [0.5, 0.6) is 0 Å². The molecule has 1 fully saturated rings. The number of pyridine rings is 1. The van der Waals surface area contributed by atoms with Crippen LogP contribution in [0.1, 0.15) is 24.9 Å². The van der Waals surface area contributed by atoms with Gasteiger partial charge in [-0.25, -0.2) is 18.4 Å². The highest BCUT2D eigenvalue weighted by Crippen LogP contribution is 2.34. The number of nitrogens with zero attached hydrogens (tertiary/aromatic N) is 3. The average molecular weight is 314 g/mol. The molecule has 0 radical (unpaired) electrons. The summed E-state index contributed by atoms with van der Waals surface area (Å²) in [6, 6.07) is 3.79. The summed E-state index contributed by atoms with van der Waals surface area (Å²) >= 11 is 5.99. The van der Waals surface area contributed by atoms with Gasteiger partial charge in [0.25, 0.3) is 0 Å². The summed E-state index contributed by atoms with van der Waals surface area (Å²) in [6.45, 7) is 3.85. The van der Waals surface area contributed by atoms with Gasteiger partial charge in [0.15, 0.2) is 15.5 Å². The van der Waals surface area contributed by atoms with Gasteiger partial charge >= 0.3 is 0 Å². The quantitative estimate of drug-likeness (QED) is 0.796. The lowest BCUT2D eigenvalue weighted by molar-refractivity contribution is 0.365. The Morgan fingerprint density at radius 2 is 2.15 bits per heavy atom. The molecule has 3 rings (SSSR count). The first-order chi connectivity index (χ1) is 9.35. The third-order valence-corrected chi connectivity index (χ3v) is 5.98. The minimum atomic E-state index is -3.00. The minimum absolute atomic E-state index is 0.116. The Bertz CT molecular complexity index is 784. The van der Waals surface area contributed by atoms with E-state index in [1.165, 1.54) is 0 Å². The number of sulfone groups is 1. The fourth-order valence-electron chi connectivity index (χ4n) is 2.93. The van der Waals surface area contributed by atoms with Crippen LogP contribution in [0.3, 0.4) is 0 Å². The van der Waals surface area contributed by atoms with E-state index in [2.05, 4.69) is 9.97 Å². The van der Waals surface area contributed by atoms with Crippen LogP contribution in [0, 0.1) is 6.92 Å². The molecular weight excluding hydrogens is 298 g/mol. The molecule has 5 nitrogen and oxygen atoms in total. The summed E-state index contributed by atoms with van der Waals surface area (Å²) in [6.07, 6.45) is 0.570. The van der Waals surface area contributed by atoms with Gasteiger partial charge < -0.3 is 4.57 Å². The normalized spacial score (nSPS) is 25.4. The van der Waals surface area contributed by atoms with Gasteiger partial charge in [-0.1, -0.05) is 0 Å². The summed E-state index contributed by atoms with van der Waals surface area (Å²) in [4.78, 5) is 9.01. The molecule has 2 aromatic rings. The van der Waals surface area contributed by atoms with Gasteiger partial charge in [0.1, 0.15) is 11.3 Å². The number of aromatic nitrogens is 3. The number of hydrogen-bond donors (Lipinski definition) is 0. The van der Waals surface area contributed by atoms with E-state index in [0.29, 0.717) is 12.2 Å². The Kier molecular flexibility index (Phi) is 3.06. The molecule has 108 valence electrons. The third kappa shape index (κ3) is 2.11. The highest BCUT2D eigenvalue weighted by Gasteiger charge is 2.42. The molecule has 0 amide bonds. The van der Waals surface area contributed by atoms with Crippen LogP contribution in [0.2, 0.25) is 0 Å². The molecule has 1 aliphatic heterocycles. The van der Waals surface area contributed by atoms with Gasteiger partial charge in [-0.15, -0.1) is 11.6 Å². The van der Waals surface area contributed by atoms with Gasteiger partial charge in [0, 0.05) is 5.69 Å². The Labute approximate surface area is 122 Å². The molecule has 0 bridgehead atoms. The second kappa shape index (κ2) is 4.43. The summed E-state index contributed by atoms with van der Waals surface area (Å²) in [5.74, 6) is 1.24. The molecule has 3 heterocycles. The SMILES string of the molecule is Cc1ccc2nc(CCl)n(C3(C)CCS(=O)(=O)C3)c2n1. The Hall–Kier alpha value is -1.14. The van der Waals surface area contributed by atoms with Crippen LogP contribution in [-0.4, -0.2) is 34.5 Å². The van der Waals surface area contributed by atoms with E-state index in [4.69, 9.17) is 11.6 Å². The van der Waals surface area contributed by atoms with E-state index < -0.39 is 15.4 Å². The van der Waals surface area contributed by atoms with Crippen molar-refractivity contribution in [2.45, 2.75) is 31.7 Å². The molecule has 0 N–H and O–H groups in total. The fourth-order valence-corrected chi connectivity index (χ4v) is 5.22. The number of imidazole rings is 1. The van der Waals surface area contributed by atoms with Crippen molar-refractivity contribution >= 4 is 32.6 Å². The standard InChI is InChI=1S/C13H16ClN3O2S/c1-9-3-4-10-12(15-9)17(11(7-14)16-10)13(2)5-6-20(18,19)8-13/h3-4H,5-8H2,1-2H3. The molecule has 1 saturated heterocycles. The maximum Gasteiger partial charge on any atom is 0.160 e. The van der Waals surface area contributed by atoms with Crippen LogP contribution in [0.4, 0.5) is 0 Å². The van der Waals surface area contributed by atoms with E-state index in [-0.39, 0.29) is 17.4 Å². The van der Waals surface area contributed by atoms with Gasteiger partial charge in [-0.05, 0) is 32.4 Å². The fraction of sp³-hybridized carbons (Fsp3) is 0.538. The topological polar surface area (TPSA) is 64.8 Å². The van der Waals surface area contributed by atoms with Crippen LogP contribution < -0.4 is 0 Å². The summed E-state index contributed by atoms with van der Waals surface area (Å²) in [5, 5.41) is 0. The number of fused-ring (bicyclic) bond motifs is 1. The van der Waals surface area contributed by atoms with Crippen LogP contribution in [0.15, 0.2) is 12.1 Å². The first-order valence-corrected chi connectivity index (χ1v) is 8.82. The lowest BCUT2D eigenvalue weighted by Crippen LogP contribution is -2.33. The maximum atomic E-state index is 11.9. The molecule has 1 aliphatic rings. The molecular formula is C13H16ClN3O2S. The first kappa shape index (κ1) is 13.8. The van der Waals surface area contributed by atoms with E-state index in [1.807, 2.05) is 30.5 Å². The Balaban J connectivity index is 2.27. The Morgan fingerprint density at radius 1 is 1.40 bits per heavy atom. The van der Waals surface area contributed by atoms with Crippen molar-refractivity contribution in [3.63, 3.8) is 0 Å². The van der Waals surface area contributed by atoms with Crippen LogP contribution in [0.25, 0.3) is 11.2 Å². The molecule has 0 aromatic carbocycles. The zero-order valence-corrected chi connectivity index (χ0v) is 13.0. The summed E-state index contributed by atoms with van der Waals surface area (Å²) in [7, 11) is -3.00. The van der Waals surface area contributed by atoms with Crippen molar-refractivity contribution in [3.8, 4) is 0 Å². The predicted octanol–water partition coefficient (Wildman–Crippen LogP) is 2.01. The molecule has 20 heavy (non-hydrogen) atoms. The monoisotopic (exact) mass is 313 g/mol. The molecule has 0 saturated carbocycles. The second-order valence-corrected chi connectivity index (χ2v) is 8.08. The number of hydrogen-bond acceptors (Lipinski definition) is 4. The van der Waals surface area contributed by atoms with Crippen LogP contribution >= 0.6 is 11.6 Å². The van der Waals surface area contributed by atoms with E-state index in [0.717, 1.165) is 16.9 Å². The van der Waals surface area contributed by atoms with Crippen molar-refractivity contribution in [1.29, 1.82) is 0 Å². The van der Waals surface area contributed by atoms with Crippen molar-refractivity contribution in [2.24, 2.45) is 0 Å². The second-order valence-electron chi connectivity index (χ2n) is 5.63. The zero-order chi connectivity index (χ0) is 14.5. The molecule has 0 aliphatic carbocycles. The molecule has 7 heteroatoms. The number of rotatable bonds is 2. The van der Waals surface area contributed by atoms with Gasteiger partial charge in [-0.2, -0.15) is 0 Å². The predicted molar refractivity (Wildman–Crippen MR) is 78.7 cm³/mol. The zero-order valence-electron chi connectivity index (χ0n) is 11.4. The van der Waals surface area contributed by atoms with Gasteiger partial charge in [0.2, 0.25) is 0 Å². The summed E-state index contributed by atoms with van der Waals surface area (Å²) < 4.78 is 25.6. The smallest absolute Gasteiger partial charge is 0.160 e. The highest BCUT2D eigenvalue weighted by atomic mass is 35.5. The Morgan fingerprint density at radius 3 is 2.75 bits per heavy atom. The molecule has 0 spiro atoms. The van der Waals surface area contributed by atoms with E-state index in [1.54, 1.807) is 0 Å². The minimum Gasteiger partial charge on any atom is -0.305 e. The van der Waals surface area contributed by atoms with Crippen molar-refractivity contribution in [1.82, 2.24) is 14.5 Å². The lowest BCUT2D eigenvalue weighted by Gasteiger charge is -2.26. The molecule has 1 unspecified atom stereocenters. The van der Waals surface area contributed by atoms with Gasteiger partial charge in [-0.3, -0.25) is 0 Å². The van der Waals surface area contributed by atoms with Crippen molar-refractivity contribution in [2.75, 3.05) is 11.5 Å². The summed E-state index contributed by atoms with van der Waals surface area (Å²) in [5.41, 5.74) is 1.85. The van der Waals surface area contributed by atoms with Crippen molar-refractivity contribution < 1.29 is 8.42 Å². The largest absolute Gasteiger partial charge is 0.305 e. The van der Waals surface area contributed by atoms with Crippen LogP contribution in [-0.2, 0) is 21.3 Å². The van der Waals surface area contributed by atoms with Crippen molar-refractivity contribution in [3.05, 3.63) is 23.7 Å². The molecule has 2 aromatic heterocycles. The van der Waals surface area contributed by atoms with E-state index >= 15 is 0 Å². The van der Waals surface area contributed by atoms with E-state index in [9.17, 15) is 8.42 Å². The number of alkyl halides is 1. The lowest BCUT2D eigenvalue weighted by atomic mass is 10.0. The number of aryl methyl sites for hydroxylation is 1. The van der Waals surface area contributed by atoms with Gasteiger partial charge in [0.05, 0.1) is 22.9 Å². The highest BCUT2D eigenvalue weighted by molar-refractivity contribution is 7.91. The third-order valence-electron chi connectivity index (χ3n) is 3.86. The maximum absolute atomic E-state index is 11.9. The molecule has 1 atom stereocenters. The average Bonchev–Trinajstić information content (AvgIpc) is 2.87.